The number of rotatable bonds is 6. The summed E-state index contributed by atoms with van der Waals surface area (Å²) in [6, 6.07) is 4.64. The zero-order valence-electron chi connectivity index (χ0n) is 10.1. The molecule has 0 heterocycles. The molecular formula is C10H13FO7P2. The second kappa shape index (κ2) is 6.26. The second-order valence-electron chi connectivity index (χ2n) is 4.13. The summed E-state index contributed by atoms with van der Waals surface area (Å²) in [6.07, 6.45) is -1.20. The quantitative estimate of drug-likeness (QED) is 0.459. The normalized spacial score (nSPS) is 12.7. The van der Waals surface area contributed by atoms with Gasteiger partial charge in [0.15, 0.2) is 11.2 Å². The number of hydrogen-bond donors (Lipinski definition) is 4. The Morgan fingerprint density at radius 2 is 1.70 bits per heavy atom. The highest BCUT2D eigenvalue weighted by Gasteiger charge is 2.43. The zero-order chi connectivity index (χ0) is 15.6. The third-order valence-electron chi connectivity index (χ3n) is 2.55. The van der Waals surface area contributed by atoms with Crippen LogP contribution in [0.25, 0.3) is 0 Å². The molecule has 7 nitrogen and oxygen atoms in total. The van der Waals surface area contributed by atoms with Crippen LogP contribution in [0.15, 0.2) is 24.3 Å². The van der Waals surface area contributed by atoms with E-state index >= 15 is 0 Å². The van der Waals surface area contributed by atoms with Crippen LogP contribution in [0, 0.1) is 5.82 Å². The molecule has 4 N–H and O–H groups in total. The van der Waals surface area contributed by atoms with Crippen LogP contribution in [0.2, 0.25) is 0 Å². The Kier molecular flexibility index (Phi) is 5.38. The number of benzene rings is 1. The van der Waals surface area contributed by atoms with Crippen molar-refractivity contribution >= 4 is 21.0 Å². The van der Waals surface area contributed by atoms with E-state index < -0.39 is 45.0 Å². The Bertz CT molecular complexity index is 569. The average molecular weight is 326 g/mol. The van der Waals surface area contributed by atoms with Crippen molar-refractivity contribution in [1.82, 2.24) is 0 Å². The Labute approximate surface area is 113 Å². The van der Waals surface area contributed by atoms with Gasteiger partial charge in [0.2, 0.25) is 0 Å². The molecule has 0 atom stereocenters. The fourth-order valence-corrected chi connectivity index (χ4v) is 4.10. The molecule has 0 saturated carbocycles. The summed E-state index contributed by atoms with van der Waals surface area (Å²) in [5.74, 6) is -1.31. The van der Waals surface area contributed by atoms with Crippen LogP contribution in [0.5, 0.6) is 0 Å². The Hall–Kier alpha value is -0.880. The van der Waals surface area contributed by atoms with Crippen molar-refractivity contribution in [3.8, 4) is 0 Å². The number of ketones is 1. The van der Waals surface area contributed by atoms with Crippen LogP contribution >= 0.6 is 15.2 Å². The minimum atomic E-state index is -5.04. The topological polar surface area (TPSA) is 132 Å². The van der Waals surface area contributed by atoms with Crippen molar-refractivity contribution < 1.29 is 37.9 Å². The molecule has 0 fully saturated rings. The van der Waals surface area contributed by atoms with Gasteiger partial charge in [-0.05, 0) is 18.6 Å². The van der Waals surface area contributed by atoms with Crippen molar-refractivity contribution in [3.63, 3.8) is 0 Å². The average Bonchev–Trinajstić information content (AvgIpc) is 2.25. The van der Waals surface area contributed by atoms with Crippen LogP contribution in [-0.2, 0) is 9.13 Å². The van der Waals surface area contributed by atoms with E-state index in [4.69, 9.17) is 19.6 Å². The summed E-state index contributed by atoms with van der Waals surface area (Å²) in [4.78, 5) is 47.2. The van der Waals surface area contributed by atoms with Crippen molar-refractivity contribution in [2.45, 2.75) is 18.2 Å². The predicted molar refractivity (Wildman–Crippen MR) is 67.8 cm³/mol. The van der Waals surface area contributed by atoms with E-state index in [1.54, 1.807) is 0 Å². The highest BCUT2D eigenvalue weighted by atomic mass is 31.2. The van der Waals surface area contributed by atoms with Gasteiger partial charge in [0.25, 0.3) is 0 Å². The van der Waals surface area contributed by atoms with Gasteiger partial charge in [-0.3, -0.25) is 13.9 Å². The van der Waals surface area contributed by atoms with Gasteiger partial charge in [0.05, 0.1) is 0 Å². The molecule has 0 saturated heterocycles. The van der Waals surface area contributed by atoms with Crippen molar-refractivity contribution in [2.75, 3.05) is 0 Å². The largest absolute Gasteiger partial charge is 0.340 e. The van der Waals surface area contributed by atoms with Gasteiger partial charge in [0, 0.05) is 12.0 Å². The lowest BCUT2D eigenvalue weighted by molar-refractivity contribution is 0.0980. The maximum atomic E-state index is 12.9. The fraction of sp³-hybridized carbons (Fsp3) is 0.300. The maximum Gasteiger partial charge on any atom is 0.340 e. The van der Waals surface area contributed by atoms with E-state index in [1.165, 1.54) is 12.1 Å². The van der Waals surface area contributed by atoms with E-state index in [0.717, 1.165) is 12.1 Å². The molecule has 1 rings (SSSR count). The third kappa shape index (κ3) is 4.90. The van der Waals surface area contributed by atoms with Gasteiger partial charge in [-0.2, -0.15) is 0 Å². The number of carbonyl (C=O) groups excluding carboxylic acids is 1. The standard InChI is InChI=1S/C10H13FO7P2/c11-8-3-1-2-7(6-8)9(12)4-5-10(19(13,14)15)20(16,17)18/h1-3,6,10H,4-5H2,(H2,13,14,15)(H2,16,17,18). The minimum absolute atomic E-state index is 0.0276. The molecule has 0 aliphatic carbocycles. The lowest BCUT2D eigenvalue weighted by atomic mass is 10.1. The van der Waals surface area contributed by atoms with Gasteiger partial charge < -0.3 is 19.6 Å². The Morgan fingerprint density at radius 1 is 1.15 bits per heavy atom. The molecule has 0 spiro atoms. The molecule has 0 bridgehead atoms. The van der Waals surface area contributed by atoms with Gasteiger partial charge >= 0.3 is 15.2 Å². The molecule has 112 valence electrons. The summed E-state index contributed by atoms with van der Waals surface area (Å²) in [5, 5.41) is -2.23. The highest BCUT2D eigenvalue weighted by Crippen LogP contribution is 2.61. The fourth-order valence-electron chi connectivity index (χ4n) is 1.60. The molecule has 10 heteroatoms. The lowest BCUT2D eigenvalue weighted by Crippen LogP contribution is -2.12. The summed E-state index contributed by atoms with van der Waals surface area (Å²) in [7, 11) is -10.1. The summed E-state index contributed by atoms with van der Waals surface area (Å²) < 4.78 is 34.9. The third-order valence-corrected chi connectivity index (χ3v) is 6.43. The molecule has 1 aromatic rings. The van der Waals surface area contributed by atoms with Gasteiger partial charge in [0.1, 0.15) is 5.82 Å². The summed E-state index contributed by atoms with van der Waals surface area (Å²) in [5.41, 5.74) is -0.0276. The van der Waals surface area contributed by atoms with Gasteiger partial charge in [-0.1, -0.05) is 12.1 Å². The van der Waals surface area contributed by atoms with Crippen molar-refractivity contribution in [3.05, 3.63) is 35.6 Å². The first-order valence-electron chi connectivity index (χ1n) is 5.41. The smallest absolute Gasteiger partial charge is 0.324 e. The molecule has 0 radical (unpaired) electrons. The molecule has 0 amide bonds. The lowest BCUT2D eigenvalue weighted by Gasteiger charge is -2.18. The van der Waals surface area contributed by atoms with Crippen molar-refractivity contribution in [2.24, 2.45) is 0 Å². The second-order valence-corrected chi connectivity index (χ2v) is 8.14. The minimum Gasteiger partial charge on any atom is -0.324 e. The van der Waals surface area contributed by atoms with E-state index in [0.29, 0.717) is 0 Å². The molecule has 0 aliphatic rings. The summed E-state index contributed by atoms with van der Waals surface area (Å²) >= 11 is 0. The first kappa shape index (κ1) is 17.2. The van der Waals surface area contributed by atoms with Gasteiger partial charge in [-0.25, -0.2) is 4.39 Å². The SMILES string of the molecule is O=C(CCC(P(=O)(O)O)P(=O)(O)O)c1cccc(F)c1. The van der Waals surface area contributed by atoms with E-state index in [-0.39, 0.29) is 5.56 Å². The first-order valence-corrected chi connectivity index (χ1v) is 8.77. The summed E-state index contributed by atoms with van der Waals surface area (Å²) in [6.45, 7) is 0. The van der Waals surface area contributed by atoms with E-state index in [2.05, 4.69) is 0 Å². The van der Waals surface area contributed by atoms with Crippen LogP contribution in [0.3, 0.4) is 0 Å². The van der Waals surface area contributed by atoms with E-state index in [1.807, 2.05) is 0 Å². The van der Waals surface area contributed by atoms with Crippen molar-refractivity contribution in [1.29, 1.82) is 0 Å². The van der Waals surface area contributed by atoms with Gasteiger partial charge in [-0.15, -0.1) is 0 Å². The molecule has 0 aliphatic heterocycles. The van der Waals surface area contributed by atoms with Crippen LogP contribution in [-0.4, -0.2) is 30.8 Å². The molecule has 1 aromatic carbocycles. The van der Waals surface area contributed by atoms with Crippen LogP contribution in [0.4, 0.5) is 4.39 Å². The molecular weight excluding hydrogens is 313 g/mol. The predicted octanol–water partition coefficient (Wildman–Crippen LogP) is 1.47. The van der Waals surface area contributed by atoms with E-state index in [9.17, 15) is 18.3 Å². The zero-order valence-corrected chi connectivity index (χ0v) is 11.9. The van der Waals surface area contributed by atoms with Crippen LogP contribution in [0.1, 0.15) is 23.2 Å². The molecule has 0 unspecified atom stereocenters. The number of Topliss-reactive ketones (excluding diaryl/α,β-unsaturated/α-hetero) is 1. The monoisotopic (exact) mass is 326 g/mol. The first-order chi connectivity index (χ1) is 9.01. The van der Waals surface area contributed by atoms with Crippen LogP contribution < -0.4 is 0 Å². The molecule has 20 heavy (non-hydrogen) atoms. The number of hydrogen-bond acceptors (Lipinski definition) is 3. The highest BCUT2D eigenvalue weighted by molar-refractivity contribution is 7.70. The maximum absolute atomic E-state index is 12.9. The molecule has 0 aromatic heterocycles. The number of carbonyl (C=O) groups is 1. The Balaban J connectivity index is 2.82. The number of halogens is 1. The Morgan fingerprint density at radius 3 is 2.15 bits per heavy atom.